The molecule has 0 radical (unpaired) electrons. The van der Waals surface area contributed by atoms with Crippen LogP contribution in [-0.2, 0) is 21.2 Å². The molecule has 3 rings (SSSR count). The third-order valence-corrected chi connectivity index (χ3v) is 8.27. The van der Waals surface area contributed by atoms with Crippen LogP contribution >= 0.6 is 0 Å². The zero-order valence-electron chi connectivity index (χ0n) is 23.9. The highest BCUT2D eigenvalue weighted by Gasteiger charge is 2.38. The first-order valence-corrected chi connectivity index (χ1v) is 15.6. The standard InChI is InChI=1S/C28H42N6O5S/c1-6-14-34-15-13-29-25(28(34)37)26(35)22(16-20-11-9-8-10-12-20)31-27(36)21-17-23(30-19(3)7-2)32-24(18-21)33(4)40(5,38)39/h8-12,17-19,22,25-26,29,35H,6-7,13-16H2,1-5H3,(H,30,32)(H,31,36). The van der Waals surface area contributed by atoms with Crippen molar-refractivity contribution in [1.29, 1.82) is 0 Å². The van der Waals surface area contributed by atoms with E-state index in [1.165, 1.54) is 13.1 Å². The predicted molar refractivity (Wildman–Crippen MR) is 157 cm³/mol. The molecule has 12 heteroatoms. The Balaban J connectivity index is 1.95. The first kappa shape index (κ1) is 31.3. The lowest BCUT2D eigenvalue weighted by molar-refractivity contribution is -0.139. The minimum absolute atomic E-state index is 0.0318. The van der Waals surface area contributed by atoms with Crippen LogP contribution in [0.1, 0.15) is 49.5 Å². The van der Waals surface area contributed by atoms with E-state index in [1.807, 2.05) is 51.1 Å². The fourth-order valence-electron chi connectivity index (χ4n) is 4.52. The van der Waals surface area contributed by atoms with E-state index in [0.29, 0.717) is 25.5 Å². The first-order chi connectivity index (χ1) is 18.9. The van der Waals surface area contributed by atoms with Gasteiger partial charge >= 0.3 is 0 Å². The van der Waals surface area contributed by atoms with Gasteiger partial charge in [-0.2, -0.15) is 0 Å². The van der Waals surface area contributed by atoms with Crippen LogP contribution in [0.4, 0.5) is 11.6 Å². The summed E-state index contributed by atoms with van der Waals surface area (Å²) in [6.07, 6.45) is 1.72. The molecule has 0 spiro atoms. The molecule has 2 heterocycles. The van der Waals surface area contributed by atoms with Gasteiger partial charge in [-0.25, -0.2) is 13.4 Å². The Labute approximate surface area is 237 Å². The van der Waals surface area contributed by atoms with Crippen molar-refractivity contribution in [2.75, 3.05) is 42.6 Å². The summed E-state index contributed by atoms with van der Waals surface area (Å²) in [6, 6.07) is 10.7. The summed E-state index contributed by atoms with van der Waals surface area (Å²) >= 11 is 0. The molecule has 1 aliphatic rings. The Hall–Kier alpha value is -3.22. The smallest absolute Gasteiger partial charge is 0.251 e. The van der Waals surface area contributed by atoms with E-state index in [9.17, 15) is 23.1 Å². The number of piperazine rings is 1. The second kappa shape index (κ2) is 13.9. The molecule has 4 N–H and O–H groups in total. The van der Waals surface area contributed by atoms with Gasteiger partial charge in [0.25, 0.3) is 5.91 Å². The Bertz CT molecular complexity index is 1260. The first-order valence-electron chi connectivity index (χ1n) is 13.7. The zero-order valence-corrected chi connectivity index (χ0v) is 24.7. The van der Waals surface area contributed by atoms with Gasteiger partial charge in [0.05, 0.1) is 18.4 Å². The maximum Gasteiger partial charge on any atom is 0.251 e. The third-order valence-electron chi connectivity index (χ3n) is 7.09. The maximum absolute atomic E-state index is 13.7. The van der Waals surface area contributed by atoms with Crippen molar-refractivity contribution >= 4 is 33.5 Å². The van der Waals surface area contributed by atoms with Crippen LogP contribution in [0.25, 0.3) is 0 Å². The molecule has 4 atom stereocenters. The monoisotopic (exact) mass is 574 g/mol. The van der Waals surface area contributed by atoms with Crippen LogP contribution in [0.15, 0.2) is 42.5 Å². The number of carbonyl (C=O) groups is 2. The van der Waals surface area contributed by atoms with Gasteiger partial charge < -0.3 is 26.0 Å². The van der Waals surface area contributed by atoms with E-state index in [0.717, 1.165) is 29.0 Å². The maximum atomic E-state index is 13.7. The molecule has 2 aromatic rings. The Morgan fingerprint density at radius 2 is 1.95 bits per heavy atom. The fraction of sp³-hybridized carbons (Fsp3) is 0.536. The summed E-state index contributed by atoms with van der Waals surface area (Å²) in [7, 11) is -2.26. The summed E-state index contributed by atoms with van der Waals surface area (Å²) in [5.74, 6) is -0.284. The molecule has 1 aromatic carbocycles. The van der Waals surface area contributed by atoms with Gasteiger partial charge in [-0.05, 0) is 43.9 Å². The van der Waals surface area contributed by atoms with Gasteiger partial charge in [0, 0.05) is 38.3 Å². The Kier molecular flexibility index (Phi) is 10.9. The topological polar surface area (TPSA) is 144 Å². The van der Waals surface area contributed by atoms with Crippen molar-refractivity contribution in [2.45, 2.75) is 64.3 Å². The highest BCUT2D eigenvalue weighted by atomic mass is 32.2. The van der Waals surface area contributed by atoms with E-state index >= 15 is 0 Å². The number of sulfonamides is 1. The lowest BCUT2D eigenvalue weighted by Crippen LogP contribution is -2.64. The summed E-state index contributed by atoms with van der Waals surface area (Å²) in [5, 5.41) is 20.7. The number of hydrogen-bond donors (Lipinski definition) is 4. The average Bonchev–Trinajstić information content (AvgIpc) is 2.93. The van der Waals surface area contributed by atoms with Crippen molar-refractivity contribution in [3.63, 3.8) is 0 Å². The number of nitrogens with zero attached hydrogens (tertiary/aromatic N) is 3. The van der Waals surface area contributed by atoms with E-state index in [-0.39, 0.29) is 29.8 Å². The molecule has 1 fully saturated rings. The van der Waals surface area contributed by atoms with Crippen molar-refractivity contribution in [2.24, 2.45) is 0 Å². The quantitative estimate of drug-likeness (QED) is 0.283. The molecule has 0 saturated carbocycles. The molecule has 1 aromatic heterocycles. The number of rotatable bonds is 13. The van der Waals surface area contributed by atoms with Crippen LogP contribution < -0.4 is 20.3 Å². The van der Waals surface area contributed by atoms with Crippen molar-refractivity contribution in [3.8, 4) is 0 Å². The second-order valence-electron chi connectivity index (χ2n) is 10.3. The number of aromatic nitrogens is 1. The Morgan fingerprint density at radius 3 is 2.58 bits per heavy atom. The van der Waals surface area contributed by atoms with Crippen molar-refractivity contribution in [1.82, 2.24) is 20.5 Å². The molecule has 40 heavy (non-hydrogen) atoms. The van der Waals surface area contributed by atoms with Crippen LogP contribution in [0.2, 0.25) is 0 Å². The average molecular weight is 575 g/mol. The molecule has 4 unspecified atom stereocenters. The second-order valence-corrected chi connectivity index (χ2v) is 12.3. The number of anilines is 2. The Morgan fingerprint density at radius 1 is 1.25 bits per heavy atom. The van der Waals surface area contributed by atoms with Gasteiger partial charge in [-0.3, -0.25) is 13.9 Å². The van der Waals surface area contributed by atoms with Crippen LogP contribution in [0.5, 0.6) is 0 Å². The van der Waals surface area contributed by atoms with Crippen LogP contribution in [0.3, 0.4) is 0 Å². The summed E-state index contributed by atoms with van der Waals surface area (Å²) in [5.41, 5.74) is 1.05. The summed E-state index contributed by atoms with van der Waals surface area (Å²) in [6.45, 7) is 7.64. The van der Waals surface area contributed by atoms with E-state index in [2.05, 4.69) is 20.9 Å². The summed E-state index contributed by atoms with van der Waals surface area (Å²) in [4.78, 5) is 33.0. The number of benzene rings is 1. The van der Waals surface area contributed by atoms with E-state index in [4.69, 9.17) is 0 Å². The molecule has 220 valence electrons. The van der Waals surface area contributed by atoms with E-state index < -0.39 is 34.1 Å². The molecular weight excluding hydrogens is 532 g/mol. The van der Waals surface area contributed by atoms with Crippen LogP contribution in [0, 0.1) is 0 Å². The third kappa shape index (κ3) is 8.15. The van der Waals surface area contributed by atoms with Crippen molar-refractivity contribution in [3.05, 3.63) is 53.6 Å². The van der Waals surface area contributed by atoms with Crippen LogP contribution in [-0.4, -0.2) is 92.4 Å². The molecule has 0 aliphatic carbocycles. The highest BCUT2D eigenvalue weighted by molar-refractivity contribution is 7.92. The minimum Gasteiger partial charge on any atom is -0.389 e. The number of hydrogen-bond acceptors (Lipinski definition) is 8. The minimum atomic E-state index is -3.64. The van der Waals surface area contributed by atoms with Gasteiger partial charge in [-0.1, -0.05) is 44.2 Å². The number of nitrogens with one attached hydrogen (secondary N) is 3. The lowest BCUT2D eigenvalue weighted by atomic mass is 9.94. The van der Waals surface area contributed by atoms with Gasteiger partial charge in [0.15, 0.2) is 0 Å². The highest BCUT2D eigenvalue weighted by Crippen LogP contribution is 2.21. The molecule has 11 nitrogen and oxygen atoms in total. The zero-order chi connectivity index (χ0) is 29.4. The molecule has 0 bridgehead atoms. The van der Waals surface area contributed by atoms with Gasteiger partial charge in [0.1, 0.15) is 17.7 Å². The molecular formula is C28H42N6O5S. The fourth-order valence-corrected chi connectivity index (χ4v) is 4.96. The largest absolute Gasteiger partial charge is 0.389 e. The number of aliphatic hydroxyl groups excluding tert-OH is 1. The number of carbonyl (C=O) groups excluding carboxylic acids is 2. The normalized spacial score (nSPS) is 18.1. The van der Waals surface area contributed by atoms with Gasteiger partial charge in [-0.15, -0.1) is 0 Å². The molecule has 2 amide bonds. The summed E-state index contributed by atoms with van der Waals surface area (Å²) < 4.78 is 25.5. The SMILES string of the molecule is CCCN1CCNC(C(O)C(Cc2ccccc2)NC(=O)c2cc(NC(C)CC)nc(N(C)S(C)(=O)=O)c2)C1=O. The molecule has 1 saturated heterocycles. The number of aliphatic hydroxyl groups is 1. The van der Waals surface area contributed by atoms with Gasteiger partial charge in [0.2, 0.25) is 15.9 Å². The lowest BCUT2D eigenvalue weighted by Gasteiger charge is -2.38. The predicted octanol–water partition coefficient (Wildman–Crippen LogP) is 1.60. The van der Waals surface area contributed by atoms with E-state index in [1.54, 1.807) is 11.0 Å². The number of pyridine rings is 1. The molecule has 1 aliphatic heterocycles. The number of amides is 2. The van der Waals surface area contributed by atoms with Crippen molar-refractivity contribution < 1.29 is 23.1 Å².